The number of anilines is 1. The molecule has 7 heteroatoms. The molecule has 2 heterocycles. The summed E-state index contributed by atoms with van der Waals surface area (Å²) in [6, 6.07) is 13.7. The first-order valence-corrected chi connectivity index (χ1v) is 9.17. The molecule has 0 fully saturated rings. The highest BCUT2D eigenvalue weighted by atomic mass is 35.5. The minimum atomic E-state index is -0.651. The van der Waals surface area contributed by atoms with Gasteiger partial charge in [-0.3, -0.25) is 4.79 Å². The third kappa shape index (κ3) is 2.92. The van der Waals surface area contributed by atoms with Gasteiger partial charge in [0.15, 0.2) is 0 Å². The lowest BCUT2D eigenvalue weighted by atomic mass is 10.2. The number of para-hydroxylation sites is 1. The predicted molar refractivity (Wildman–Crippen MR) is 97.9 cm³/mol. The van der Waals surface area contributed by atoms with Crippen molar-refractivity contribution in [1.29, 1.82) is 0 Å². The first kappa shape index (κ1) is 16.2. The van der Waals surface area contributed by atoms with Gasteiger partial charge in [0.1, 0.15) is 11.6 Å². The van der Waals surface area contributed by atoms with E-state index in [4.69, 9.17) is 11.6 Å². The number of hydrogen-bond donors (Lipinski definition) is 1. The number of rotatable bonds is 3. The first-order valence-electron chi connectivity index (χ1n) is 7.64. The van der Waals surface area contributed by atoms with Crippen LogP contribution in [0.15, 0.2) is 48.5 Å². The smallest absolute Gasteiger partial charge is 0.261 e. The number of nitrogens with zero attached hydrogens (tertiary/aromatic N) is 2. The molecule has 0 spiro atoms. The van der Waals surface area contributed by atoms with Gasteiger partial charge in [0.2, 0.25) is 0 Å². The molecule has 0 bridgehead atoms. The quantitative estimate of drug-likeness (QED) is 0.726. The topological polar surface area (TPSA) is 46.9 Å². The van der Waals surface area contributed by atoms with Gasteiger partial charge < -0.3 is 5.32 Å². The Morgan fingerprint density at radius 3 is 2.72 bits per heavy atom. The van der Waals surface area contributed by atoms with E-state index in [1.165, 1.54) is 18.2 Å². The lowest BCUT2D eigenvalue weighted by Gasteiger charge is -2.12. The molecule has 0 saturated carbocycles. The Kier molecular flexibility index (Phi) is 4.23. The molecule has 1 N–H and O–H groups in total. The molecule has 0 unspecified atom stereocenters. The molecule has 2 aromatic carbocycles. The lowest BCUT2D eigenvalue weighted by Crippen LogP contribution is -2.18. The summed E-state index contributed by atoms with van der Waals surface area (Å²) >= 11 is 7.74. The Bertz CT molecular complexity index is 938. The minimum Gasteiger partial charge on any atom is -0.306 e. The molecule has 0 aliphatic carbocycles. The van der Waals surface area contributed by atoms with E-state index >= 15 is 0 Å². The zero-order valence-electron chi connectivity index (χ0n) is 13.0. The van der Waals surface area contributed by atoms with Gasteiger partial charge in [-0.15, -0.1) is 0 Å². The fourth-order valence-electron chi connectivity index (χ4n) is 2.78. The van der Waals surface area contributed by atoms with E-state index < -0.39 is 11.7 Å². The van der Waals surface area contributed by atoms with Crippen molar-refractivity contribution in [1.82, 2.24) is 9.78 Å². The van der Waals surface area contributed by atoms with Crippen molar-refractivity contribution >= 4 is 35.1 Å². The van der Waals surface area contributed by atoms with E-state index in [1.807, 2.05) is 30.3 Å². The van der Waals surface area contributed by atoms with Crippen LogP contribution in [0.3, 0.4) is 0 Å². The fourth-order valence-corrected chi connectivity index (χ4v) is 4.07. The number of carbonyl (C=O) groups excluding carboxylic acids is 1. The maximum absolute atomic E-state index is 14.1. The van der Waals surface area contributed by atoms with Crippen molar-refractivity contribution in [2.24, 2.45) is 0 Å². The number of nitrogens with one attached hydrogen (secondary N) is 1. The molecule has 4 nitrogen and oxygen atoms in total. The number of halogens is 2. The molecule has 3 aromatic rings. The van der Waals surface area contributed by atoms with E-state index in [0.29, 0.717) is 5.82 Å². The van der Waals surface area contributed by atoms with Gasteiger partial charge >= 0.3 is 0 Å². The number of fused-ring (bicyclic) bond motifs is 1. The SMILES string of the molecule is O=C(Nc1c2c(nn1-c1ccccc1)CSC2)c1c(F)cccc1Cl. The van der Waals surface area contributed by atoms with Gasteiger partial charge in [0.05, 0.1) is 22.0 Å². The van der Waals surface area contributed by atoms with E-state index in [1.54, 1.807) is 16.4 Å². The highest BCUT2D eigenvalue weighted by Crippen LogP contribution is 2.36. The number of carbonyl (C=O) groups is 1. The molecule has 126 valence electrons. The van der Waals surface area contributed by atoms with Crippen LogP contribution in [0.4, 0.5) is 10.2 Å². The molecular weight excluding hydrogens is 361 g/mol. The van der Waals surface area contributed by atoms with Crippen LogP contribution < -0.4 is 5.32 Å². The van der Waals surface area contributed by atoms with E-state index in [0.717, 1.165) is 28.5 Å². The monoisotopic (exact) mass is 373 g/mol. The summed E-state index contributed by atoms with van der Waals surface area (Å²) in [6.07, 6.45) is 0. The van der Waals surface area contributed by atoms with Gasteiger partial charge in [-0.25, -0.2) is 9.07 Å². The highest BCUT2D eigenvalue weighted by Gasteiger charge is 2.26. The molecule has 1 amide bonds. The van der Waals surface area contributed by atoms with Crippen LogP contribution in [0.5, 0.6) is 0 Å². The molecule has 1 aromatic heterocycles. The van der Waals surface area contributed by atoms with E-state index in [2.05, 4.69) is 10.4 Å². The number of amides is 1. The molecule has 0 radical (unpaired) electrons. The summed E-state index contributed by atoms with van der Waals surface area (Å²) in [6.45, 7) is 0. The van der Waals surface area contributed by atoms with Crippen molar-refractivity contribution in [2.45, 2.75) is 11.5 Å². The minimum absolute atomic E-state index is 0.0781. The van der Waals surface area contributed by atoms with Gasteiger partial charge in [-0.05, 0) is 24.3 Å². The van der Waals surface area contributed by atoms with Crippen molar-refractivity contribution in [3.8, 4) is 5.69 Å². The Morgan fingerprint density at radius 1 is 1.16 bits per heavy atom. The second-order valence-electron chi connectivity index (χ2n) is 5.56. The van der Waals surface area contributed by atoms with Gasteiger partial charge in [-0.2, -0.15) is 16.9 Å². The summed E-state index contributed by atoms with van der Waals surface area (Å²) in [5.74, 6) is 0.874. The zero-order valence-corrected chi connectivity index (χ0v) is 14.6. The molecule has 1 aliphatic heterocycles. The number of benzene rings is 2. The fraction of sp³-hybridized carbons (Fsp3) is 0.111. The second kappa shape index (κ2) is 6.54. The normalized spacial score (nSPS) is 12.9. The van der Waals surface area contributed by atoms with Gasteiger partial charge in [-0.1, -0.05) is 35.9 Å². The van der Waals surface area contributed by atoms with Crippen molar-refractivity contribution in [3.05, 3.63) is 76.2 Å². The second-order valence-corrected chi connectivity index (χ2v) is 6.96. The summed E-state index contributed by atoms with van der Waals surface area (Å²) in [5, 5.41) is 7.50. The van der Waals surface area contributed by atoms with Crippen molar-refractivity contribution in [2.75, 3.05) is 5.32 Å². The van der Waals surface area contributed by atoms with Crippen LogP contribution in [0.1, 0.15) is 21.6 Å². The zero-order chi connectivity index (χ0) is 17.4. The number of aromatic nitrogens is 2. The third-order valence-electron chi connectivity index (χ3n) is 3.97. The Labute approximate surface area is 153 Å². The summed E-state index contributed by atoms with van der Waals surface area (Å²) in [5.41, 5.74) is 2.57. The first-order chi connectivity index (χ1) is 12.1. The van der Waals surface area contributed by atoms with Gasteiger partial charge in [0, 0.05) is 17.1 Å². The molecule has 4 rings (SSSR count). The third-order valence-corrected chi connectivity index (χ3v) is 5.26. The standard InChI is InChI=1S/C18H13ClFN3OS/c19-13-7-4-8-14(20)16(13)18(24)21-17-12-9-25-10-15(12)22-23(17)11-5-2-1-3-6-11/h1-8H,9-10H2,(H,21,24). The summed E-state index contributed by atoms with van der Waals surface area (Å²) in [7, 11) is 0. The Balaban J connectivity index is 1.77. The number of thioether (sulfide) groups is 1. The van der Waals surface area contributed by atoms with Crippen LogP contribution in [0.25, 0.3) is 5.69 Å². The summed E-state index contributed by atoms with van der Waals surface area (Å²) < 4.78 is 15.7. The maximum Gasteiger partial charge on any atom is 0.261 e. The molecule has 0 saturated heterocycles. The average Bonchev–Trinajstić information content (AvgIpc) is 3.18. The average molecular weight is 374 g/mol. The maximum atomic E-state index is 14.1. The lowest BCUT2D eigenvalue weighted by molar-refractivity contribution is 0.102. The Morgan fingerprint density at radius 2 is 1.96 bits per heavy atom. The predicted octanol–water partition coefficient (Wildman–Crippen LogP) is 4.66. The molecular formula is C18H13ClFN3OS. The van der Waals surface area contributed by atoms with E-state index in [9.17, 15) is 9.18 Å². The largest absolute Gasteiger partial charge is 0.306 e. The molecule has 25 heavy (non-hydrogen) atoms. The van der Waals surface area contributed by atoms with E-state index in [-0.39, 0.29) is 10.6 Å². The van der Waals surface area contributed by atoms with Crippen LogP contribution in [-0.2, 0) is 11.5 Å². The van der Waals surface area contributed by atoms with Crippen molar-refractivity contribution in [3.63, 3.8) is 0 Å². The number of hydrogen-bond acceptors (Lipinski definition) is 3. The van der Waals surface area contributed by atoms with Gasteiger partial charge in [0.25, 0.3) is 5.91 Å². The molecule has 1 aliphatic rings. The Hall–Kier alpha value is -2.31. The summed E-state index contributed by atoms with van der Waals surface area (Å²) in [4.78, 5) is 12.7. The molecule has 0 atom stereocenters. The highest BCUT2D eigenvalue weighted by molar-refractivity contribution is 7.98. The van der Waals surface area contributed by atoms with Crippen LogP contribution in [0.2, 0.25) is 5.02 Å². The van der Waals surface area contributed by atoms with Crippen LogP contribution in [0, 0.1) is 5.82 Å². The van der Waals surface area contributed by atoms with Crippen LogP contribution in [-0.4, -0.2) is 15.7 Å². The van der Waals surface area contributed by atoms with Crippen molar-refractivity contribution < 1.29 is 9.18 Å². The van der Waals surface area contributed by atoms with Crippen LogP contribution >= 0.6 is 23.4 Å².